The van der Waals surface area contributed by atoms with Gasteiger partial charge in [0.2, 0.25) is 0 Å². The Hall–Kier alpha value is -1.85. The van der Waals surface area contributed by atoms with Crippen LogP contribution in [0.5, 0.6) is 0 Å². The maximum absolute atomic E-state index is 12.7. The largest absolute Gasteiger partial charge is 0.380 e. The Morgan fingerprint density at radius 3 is 3.05 bits per heavy atom. The van der Waals surface area contributed by atoms with E-state index in [1.807, 2.05) is 29.2 Å². The summed E-state index contributed by atoms with van der Waals surface area (Å²) in [5.41, 5.74) is 3.05. The van der Waals surface area contributed by atoms with E-state index in [1.165, 1.54) is 5.56 Å². The lowest BCUT2D eigenvalue weighted by Gasteiger charge is -2.25. The average Bonchev–Trinajstić information content (AvgIpc) is 3.20. The third kappa shape index (κ3) is 3.15. The summed E-state index contributed by atoms with van der Waals surface area (Å²) >= 11 is 1.68. The first kappa shape index (κ1) is 15.1. The second kappa shape index (κ2) is 6.94. The highest BCUT2D eigenvalue weighted by Crippen LogP contribution is 2.33. The first-order chi connectivity index (χ1) is 10.8. The summed E-state index contributed by atoms with van der Waals surface area (Å²) in [5.74, 6) is 0. The Balaban J connectivity index is 1.74. The van der Waals surface area contributed by atoms with E-state index in [9.17, 15) is 4.79 Å². The number of methoxy groups -OCH3 is 1. The maximum atomic E-state index is 12.7. The van der Waals surface area contributed by atoms with Gasteiger partial charge in [-0.1, -0.05) is 18.2 Å². The van der Waals surface area contributed by atoms with Gasteiger partial charge in [0.1, 0.15) is 0 Å². The Morgan fingerprint density at radius 1 is 1.41 bits per heavy atom. The quantitative estimate of drug-likeness (QED) is 0.915. The van der Waals surface area contributed by atoms with Gasteiger partial charge in [0, 0.05) is 24.9 Å². The van der Waals surface area contributed by atoms with Crippen molar-refractivity contribution in [2.24, 2.45) is 0 Å². The fourth-order valence-electron chi connectivity index (χ4n) is 2.93. The maximum Gasteiger partial charge on any atom is 0.322 e. The second-order valence-corrected chi connectivity index (χ2v) is 6.21. The number of ether oxygens (including phenoxy) is 1. The van der Waals surface area contributed by atoms with Crippen molar-refractivity contribution in [2.45, 2.75) is 25.5 Å². The third-order valence-corrected chi connectivity index (χ3v) is 4.70. The van der Waals surface area contributed by atoms with Crippen molar-refractivity contribution in [2.75, 3.05) is 19.0 Å². The zero-order valence-electron chi connectivity index (χ0n) is 12.6. The Bertz CT molecular complexity index is 627. The predicted molar refractivity (Wildman–Crippen MR) is 89.2 cm³/mol. The van der Waals surface area contributed by atoms with Gasteiger partial charge < -0.3 is 15.0 Å². The highest BCUT2D eigenvalue weighted by Gasteiger charge is 2.30. The standard InChI is InChI=1S/C17H20N2O2S/c1-21-11-13-5-2-3-6-15(13)18-17(20)19-9-4-7-16(19)14-8-10-22-12-14/h2-3,5-6,8,10,12,16H,4,7,9,11H2,1H3,(H,18,20)/t16-/m1/s1. The van der Waals surface area contributed by atoms with E-state index in [4.69, 9.17) is 4.74 Å². The molecular weight excluding hydrogens is 296 g/mol. The molecule has 0 aliphatic carbocycles. The molecule has 1 N–H and O–H groups in total. The topological polar surface area (TPSA) is 41.6 Å². The van der Waals surface area contributed by atoms with Crippen LogP contribution in [0.15, 0.2) is 41.1 Å². The zero-order valence-corrected chi connectivity index (χ0v) is 13.4. The summed E-state index contributed by atoms with van der Waals surface area (Å²) in [7, 11) is 1.66. The number of rotatable bonds is 4. The number of thiophene rings is 1. The Morgan fingerprint density at radius 2 is 2.27 bits per heavy atom. The number of amides is 2. The molecule has 0 unspecified atom stereocenters. The highest BCUT2D eigenvalue weighted by molar-refractivity contribution is 7.07. The van der Waals surface area contributed by atoms with Crippen LogP contribution in [0.3, 0.4) is 0 Å². The minimum absolute atomic E-state index is 0.0303. The smallest absolute Gasteiger partial charge is 0.322 e. The van der Waals surface area contributed by atoms with Crippen molar-refractivity contribution in [3.63, 3.8) is 0 Å². The number of para-hydroxylation sites is 1. The van der Waals surface area contributed by atoms with Crippen molar-refractivity contribution < 1.29 is 9.53 Å². The van der Waals surface area contributed by atoms with Crippen LogP contribution in [0, 0.1) is 0 Å². The molecule has 0 radical (unpaired) electrons. The third-order valence-electron chi connectivity index (χ3n) is 4.00. The van der Waals surface area contributed by atoms with Gasteiger partial charge in [-0.25, -0.2) is 4.79 Å². The molecule has 22 heavy (non-hydrogen) atoms. The van der Waals surface area contributed by atoms with E-state index < -0.39 is 0 Å². The van der Waals surface area contributed by atoms with Crippen LogP contribution < -0.4 is 5.32 Å². The van der Waals surface area contributed by atoms with Gasteiger partial charge >= 0.3 is 6.03 Å². The van der Waals surface area contributed by atoms with Crippen molar-refractivity contribution in [1.29, 1.82) is 0 Å². The minimum Gasteiger partial charge on any atom is -0.380 e. The number of benzene rings is 1. The number of likely N-dealkylation sites (tertiary alicyclic amines) is 1. The molecular formula is C17H20N2O2S. The van der Waals surface area contributed by atoms with Crippen molar-refractivity contribution >= 4 is 23.1 Å². The molecule has 1 atom stereocenters. The molecule has 1 aliphatic heterocycles. The van der Waals surface area contributed by atoms with Gasteiger partial charge in [0.05, 0.1) is 12.6 Å². The second-order valence-electron chi connectivity index (χ2n) is 5.43. The van der Waals surface area contributed by atoms with Gasteiger partial charge in [-0.2, -0.15) is 11.3 Å². The lowest BCUT2D eigenvalue weighted by Crippen LogP contribution is -2.34. The Kier molecular flexibility index (Phi) is 4.75. The van der Waals surface area contributed by atoms with Crippen molar-refractivity contribution in [3.8, 4) is 0 Å². The number of hydrogen-bond acceptors (Lipinski definition) is 3. The average molecular weight is 316 g/mol. The van der Waals surface area contributed by atoms with E-state index >= 15 is 0 Å². The molecule has 1 saturated heterocycles. The number of anilines is 1. The molecule has 3 rings (SSSR count). The SMILES string of the molecule is COCc1ccccc1NC(=O)N1CCC[C@@H]1c1ccsc1. The van der Waals surface area contributed by atoms with Crippen LogP contribution in [0.2, 0.25) is 0 Å². The number of carbonyl (C=O) groups excluding carboxylic acids is 1. The molecule has 2 aromatic rings. The molecule has 0 bridgehead atoms. The van der Waals surface area contributed by atoms with Crippen LogP contribution >= 0.6 is 11.3 Å². The summed E-state index contributed by atoms with van der Waals surface area (Å²) in [6.45, 7) is 1.29. The minimum atomic E-state index is -0.0303. The van der Waals surface area contributed by atoms with E-state index in [-0.39, 0.29) is 12.1 Å². The fraction of sp³-hybridized carbons (Fsp3) is 0.353. The van der Waals surface area contributed by atoms with Gasteiger partial charge in [-0.15, -0.1) is 0 Å². The first-order valence-corrected chi connectivity index (χ1v) is 8.40. The molecule has 1 fully saturated rings. The number of nitrogens with one attached hydrogen (secondary N) is 1. The normalized spacial score (nSPS) is 17.7. The molecule has 4 nitrogen and oxygen atoms in total. The number of carbonyl (C=O) groups is 1. The zero-order chi connectivity index (χ0) is 15.4. The summed E-state index contributed by atoms with van der Waals surface area (Å²) in [6.07, 6.45) is 2.08. The summed E-state index contributed by atoms with van der Waals surface area (Å²) < 4.78 is 5.19. The van der Waals surface area contributed by atoms with Crippen LogP contribution in [0.1, 0.15) is 30.0 Å². The predicted octanol–water partition coefficient (Wildman–Crippen LogP) is 4.26. The van der Waals surface area contributed by atoms with E-state index in [2.05, 4.69) is 22.1 Å². The van der Waals surface area contributed by atoms with Crippen molar-refractivity contribution in [3.05, 3.63) is 52.2 Å². The first-order valence-electron chi connectivity index (χ1n) is 7.46. The van der Waals surface area contributed by atoms with Crippen LogP contribution in [0.4, 0.5) is 10.5 Å². The molecule has 116 valence electrons. The van der Waals surface area contributed by atoms with Crippen LogP contribution in [0.25, 0.3) is 0 Å². The number of urea groups is 1. The summed E-state index contributed by atoms with van der Waals surface area (Å²) in [4.78, 5) is 14.6. The fourth-order valence-corrected chi connectivity index (χ4v) is 3.64. The monoisotopic (exact) mass is 316 g/mol. The molecule has 0 spiro atoms. The van der Waals surface area contributed by atoms with Crippen LogP contribution in [-0.4, -0.2) is 24.6 Å². The number of hydrogen-bond donors (Lipinski definition) is 1. The molecule has 1 aromatic carbocycles. The molecule has 1 aromatic heterocycles. The lowest BCUT2D eigenvalue weighted by atomic mass is 10.1. The highest BCUT2D eigenvalue weighted by atomic mass is 32.1. The molecule has 5 heteroatoms. The molecule has 2 heterocycles. The van der Waals surface area contributed by atoms with E-state index in [0.717, 1.165) is 30.6 Å². The number of nitrogens with zero attached hydrogens (tertiary/aromatic N) is 1. The van der Waals surface area contributed by atoms with Gasteiger partial charge in [0.15, 0.2) is 0 Å². The molecule has 0 saturated carbocycles. The van der Waals surface area contributed by atoms with E-state index in [1.54, 1.807) is 18.4 Å². The summed E-state index contributed by atoms with van der Waals surface area (Å²) in [5, 5.41) is 7.24. The Labute approximate surface area is 134 Å². The van der Waals surface area contributed by atoms with Crippen molar-refractivity contribution in [1.82, 2.24) is 4.90 Å². The molecule has 1 aliphatic rings. The summed E-state index contributed by atoms with van der Waals surface area (Å²) in [6, 6.07) is 10.0. The van der Waals surface area contributed by atoms with E-state index in [0.29, 0.717) is 6.61 Å². The molecule has 2 amide bonds. The van der Waals surface area contributed by atoms with Gasteiger partial charge in [-0.05, 0) is 41.3 Å². The van der Waals surface area contributed by atoms with Gasteiger partial charge in [-0.3, -0.25) is 0 Å². The van der Waals surface area contributed by atoms with Crippen LogP contribution in [-0.2, 0) is 11.3 Å². The van der Waals surface area contributed by atoms with Gasteiger partial charge in [0.25, 0.3) is 0 Å². The lowest BCUT2D eigenvalue weighted by molar-refractivity contribution is 0.185.